The first kappa shape index (κ1) is 12.7. The van der Waals surface area contributed by atoms with Crippen molar-refractivity contribution in [2.45, 2.75) is 12.5 Å². The average Bonchev–Trinajstić information content (AvgIpc) is 2.31. The van der Waals surface area contributed by atoms with Crippen molar-refractivity contribution >= 4 is 11.9 Å². The van der Waals surface area contributed by atoms with Crippen molar-refractivity contribution in [2.24, 2.45) is 5.73 Å². The SMILES string of the molecule is C#CC(=O)Oc1ccc(C[C@H](N)C(=O)O)cc1. The lowest BCUT2D eigenvalue weighted by Crippen LogP contribution is -2.32. The molecule has 0 aliphatic carbocycles. The number of carbonyl (C=O) groups is 2. The Hall–Kier alpha value is -2.32. The highest BCUT2D eigenvalue weighted by molar-refractivity contribution is 5.89. The van der Waals surface area contributed by atoms with Gasteiger partial charge < -0.3 is 15.6 Å². The number of carbonyl (C=O) groups excluding carboxylic acids is 1. The molecule has 1 atom stereocenters. The predicted molar refractivity (Wildman–Crippen MR) is 60.2 cm³/mol. The number of hydrogen-bond donors (Lipinski definition) is 2. The molecule has 1 rings (SSSR count). The highest BCUT2D eigenvalue weighted by Crippen LogP contribution is 2.13. The number of rotatable bonds is 4. The number of ether oxygens (including phenoxy) is 1. The zero-order valence-corrected chi connectivity index (χ0v) is 8.92. The maximum atomic E-state index is 10.8. The normalized spacial score (nSPS) is 11.3. The quantitative estimate of drug-likeness (QED) is 0.335. The summed E-state index contributed by atoms with van der Waals surface area (Å²) >= 11 is 0. The molecule has 1 aromatic carbocycles. The fourth-order valence-electron chi connectivity index (χ4n) is 1.17. The fraction of sp³-hybridized carbons (Fsp3) is 0.167. The summed E-state index contributed by atoms with van der Waals surface area (Å²) in [7, 11) is 0. The summed E-state index contributed by atoms with van der Waals surface area (Å²) in [5.41, 5.74) is 6.11. The third-order valence-electron chi connectivity index (χ3n) is 2.02. The average molecular weight is 233 g/mol. The van der Waals surface area contributed by atoms with Crippen molar-refractivity contribution in [3.05, 3.63) is 29.8 Å². The Morgan fingerprint density at radius 2 is 2.00 bits per heavy atom. The third kappa shape index (κ3) is 3.97. The van der Waals surface area contributed by atoms with Gasteiger partial charge in [0, 0.05) is 5.92 Å². The summed E-state index contributed by atoms with van der Waals surface area (Å²) in [6.07, 6.45) is 5.05. The van der Waals surface area contributed by atoms with Crippen LogP contribution in [0.5, 0.6) is 5.75 Å². The van der Waals surface area contributed by atoms with Gasteiger partial charge >= 0.3 is 11.9 Å². The summed E-state index contributed by atoms with van der Waals surface area (Å²) in [5, 5.41) is 8.63. The van der Waals surface area contributed by atoms with Crippen LogP contribution in [0.4, 0.5) is 0 Å². The molecule has 0 unspecified atom stereocenters. The molecule has 0 amide bonds. The Labute approximate surface area is 98.2 Å². The first-order valence-corrected chi connectivity index (χ1v) is 4.78. The molecule has 0 aliphatic rings. The van der Waals surface area contributed by atoms with E-state index in [0.717, 1.165) is 5.56 Å². The molecule has 0 saturated carbocycles. The zero-order chi connectivity index (χ0) is 12.8. The summed E-state index contributed by atoms with van der Waals surface area (Å²) in [4.78, 5) is 21.3. The van der Waals surface area contributed by atoms with Crippen molar-refractivity contribution in [1.29, 1.82) is 0 Å². The van der Waals surface area contributed by atoms with E-state index in [-0.39, 0.29) is 6.42 Å². The Morgan fingerprint density at radius 3 is 2.47 bits per heavy atom. The number of carboxylic acids is 1. The minimum Gasteiger partial charge on any atom is -0.480 e. The van der Waals surface area contributed by atoms with Gasteiger partial charge in [0.2, 0.25) is 0 Å². The second kappa shape index (κ2) is 5.68. The lowest BCUT2D eigenvalue weighted by molar-refractivity contribution is -0.138. The number of aliphatic carboxylic acids is 1. The van der Waals surface area contributed by atoms with Crippen molar-refractivity contribution in [1.82, 2.24) is 0 Å². The fourth-order valence-corrected chi connectivity index (χ4v) is 1.17. The van der Waals surface area contributed by atoms with Gasteiger partial charge in [-0.2, -0.15) is 0 Å². The van der Waals surface area contributed by atoms with Crippen molar-refractivity contribution in [2.75, 3.05) is 0 Å². The van der Waals surface area contributed by atoms with Crippen LogP contribution in [0.1, 0.15) is 5.56 Å². The molecular weight excluding hydrogens is 222 g/mol. The molecule has 0 spiro atoms. The molecule has 0 saturated heterocycles. The van der Waals surface area contributed by atoms with Crippen LogP contribution >= 0.6 is 0 Å². The van der Waals surface area contributed by atoms with E-state index in [1.807, 2.05) is 5.92 Å². The minimum absolute atomic E-state index is 0.207. The lowest BCUT2D eigenvalue weighted by atomic mass is 10.1. The number of benzene rings is 1. The number of carboxylic acid groups (broad SMARTS) is 1. The molecule has 88 valence electrons. The highest BCUT2D eigenvalue weighted by atomic mass is 16.5. The molecule has 3 N–H and O–H groups in total. The van der Waals surface area contributed by atoms with Crippen LogP contribution in [-0.4, -0.2) is 23.1 Å². The monoisotopic (exact) mass is 233 g/mol. The predicted octanol–water partition coefficient (Wildman–Crippen LogP) is 0.180. The van der Waals surface area contributed by atoms with Crippen LogP contribution in [0.3, 0.4) is 0 Å². The first-order chi connectivity index (χ1) is 8.02. The number of terminal acetylenes is 1. The van der Waals surface area contributed by atoms with E-state index >= 15 is 0 Å². The van der Waals surface area contributed by atoms with E-state index in [1.54, 1.807) is 12.1 Å². The van der Waals surface area contributed by atoms with Gasteiger partial charge in [-0.05, 0) is 24.1 Å². The van der Waals surface area contributed by atoms with E-state index in [4.69, 9.17) is 22.0 Å². The van der Waals surface area contributed by atoms with Gasteiger partial charge in [0.15, 0.2) is 0 Å². The smallest absolute Gasteiger partial charge is 0.389 e. The van der Waals surface area contributed by atoms with Gasteiger partial charge in [0.05, 0.1) is 0 Å². The van der Waals surface area contributed by atoms with E-state index < -0.39 is 18.0 Å². The molecule has 0 fully saturated rings. The van der Waals surface area contributed by atoms with Gasteiger partial charge in [0.25, 0.3) is 0 Å². The van der Waals surface area contributed by atoms with Crippen molar-refractivity contribution < 1.29 is 19.4 Å². The maximum absolute atomic E-state index is 10.8. The Morgan fingerprint density at radius 1 is 1.41 bits per heavy atom. The molecule has 0 aromatic heterocycles. The van der Waals surface area contributed by atoms with Crippen molar-refractivity contribution in [3.63, 3.8) is 0 Å². The molecular formula is C12H11NO4. The highest BCUT2D eigenvalue weighted by Gasteiger charge is 2.12. The molecule has 0 radical (unpaired) electrons. The summed E-state index contributed by atoms with van der Waals surface area (Å²) < 4.78 is 4.75. The molecule has 0 heterocycles. The summed E-state index contributed by atoms with van der Waals surface area (Å²) in [6.45, 7) is 0. The summed E-state index contributed by atoms with van der Waals surface area (Å²) in [6, 6.07) is 5.36. The number of esters is 1. The molecule has 17 heavy (non-hydrogen) atoms. The third-order valence-corrected chi connectivity index (χ3v) is 2.02. The first-order valence-electron chi connectivity index (χ1n) is 4.78. The van der Waals surface area contributed by atoms with Crippen LogP contribution in [0, 0.1) is 12.3 Å². The van der Waals surface area contributed by atoms with E-state index in [1.165, 1.54) is 12.1 Å². The van der Waals surface area contributed by atoms with Crippen LogP contribution < -0.4 is 10.5 Å². The number of hydrogen-bond acceptors (Lipinski definition) is 4. The van der Waals surface area contributed by atoms with Crippen LogP contribution in [0.15, 0.2) is 24.3 Å². The molecule has 1 aromatic rings. The topological polar surface area (TPSA) is 89.6 Å². The van der Waals surface area contributed by atoms with Gasteiger partial charge in [0.1, 0.15) is 11.8 Å². The second-order valence-electron chi connectivity index (χ2n) is 3.33. The van der Waals surface area contributed by atoms with E-state index in [9.17, 15) is 9.59 Å². The molecule has 5 heteroatoms. The maximum Gasteiger partial charge on any atom is 0.389 e. The molecule has 0 bridgehead atoms. The Balaban J connectivity index is 2.65. The van der Waals surface area contributed by atoms with Crippen LogP contribution in [-0.2, 0) is 16.0 Å². The lowest BCUT2D eigenvalue weighted by Gasteiger charge is -2.07. The van der Waals surface area contributed by atoms with Crippen molar-refractivity contribution in [3.8, 4) is 18.1 Å². The Bertz CT molecular complexity index is 458. The standard InChI is InChI=1S/C12H11NO4/c1-2-11(14)17-9-5-3-8(4-6-9)7-10(13)12(15)16/h1,3-6,10H,7,13H2,(H,15,16)/t10-/m0/s1. The largest absolute Gasteiger partial charge is 0.480 e. The van der Waals surface area contributed by atoms with Gasteiger partial charge in [-0.25, -0.2) is 4.79 Å². The zero-order valence-electron chi connectivity index (χ0n) is 8.92. The van der Waals surface area contributed by atoms with Gasteiger partial charge in [-0.15, -0.1) is 6.42 Å². The van der Waals surface area contributed by atoms with Crippen LogP contribution in [0.2, 0.25) is 0 Å². The van der Waals surface area contributed by atoms with E-state index in [2.05, 4.69) is 0 Å². The van der Waals surface area contributed by atoms with Gasteiger partial charge in [-0.3, -0.25) is 4.79 Å². The van der Waals surface area contributed by atoms with E-state index in [0.29, 0.717) is 5.75 Å². The summed E-state index contributed by atoms with van der Waals surface area (Å²) in [5.74, 6) is 0.282. The van der Waals surface area contributed by atoms with Gasteiger partial charge in [-0.1, -0.05) is 12.1 Å². The molecule has 0 aliphatic heterocycles. The number of nitrogens with two attached hydrogens (primary N) is 1. The van der Waals surface area contributed by atoms with Crippen LogP contribution in [0.25, 0.3) is 0 Å². The Kier molecular flexibility index (Phi) is 4.26. The molecule has 5 nitrogen and oxygen atoms in total. The second-order valence-corrected chi connectivity index (χ2v) is 3.33. The minimum atomic E-state index is -1.06.